The number of ether oxygens (including phenoxy) is 1. The van der Waals surface area contributed by atoms with Crippen molar-refractivity contribution in [2.45, 2.75) is 19.4 Å². The van der Waals surface area contributed by atoms with E-state index in [0.29, 0.717) is 12.3 Å². The molecule has 1 aliphatic rings. The number of guanidine groups is 1. The van der Waals surface area contributed by atoms with Crippen LogP contribution in [0.15, 0.2) is 29.3 Å². The van der Waals surface area contributed by atoms with E-state index in [-0.39, 0.29) is 12.5 Å². The van der Waals surface area contributed by atoms with Crippen molar-refractivity contribution in [2.24, 2.45) is 4.99 Å². The summed E-state index contributed by atoms with van der Waals surface area (Å²) in [5, 5.41) is 3.38. The minimum Gasteiger partial charge on any atom is -0.484 e. The number of hydrogen-bond donors (Lipinski definition) is 1. The van der Waals surface area contributed by atoms with Crippen molar-refractivity contribution in [1.29, 1.82) is 0 Å². The molecule has 0 unspecified atom stereocenters. The first-order chi connectivity index (χ1) is 11.1. The molecular weight excluding hydrogens is 292 g/mol. The second kappa shape index (κ2) is 8.41. The molecule has 1 amide bonds. The first-order valence-corrected chi connectivity index (χ1v) is 7.97. The Morgan fingerprint density at radius 1 is 1.35 bits per heavy atom. The van der Waals surface area contributed by atoms with E-state index in [4.69, 9.17) is 4.74 Å². The van der Waals surface area contributed by atoms with Crippen LogP contribution in [0.1, 0.15) is 18.4 Å². The highest BCUT2D eigenvalue weighted by atomic mass is 16.5. The van der Waals surface area contributed by atoms with Gasteiger partial charge in [-0.1, -0.05) is 12.1 Å². The second-order valence-corrected chi connectivity index (χ2v) is 5.82. The van der Waals surface area contributed by atoms with Gasteiger partial charge in [0.25, 0.3) is 5.91 Å². The number of hydrogen-bond acceptors (Lipinski definition) is 3. The van der Waals surface area contributed by atoms with E-state index in [9.17, 15) is 4.79 Å². The molecule has 126 valence electrons. The highest BCUT2D eigenvalue weighted by Gasteiger charge is 2.15. The summed E-state index contributed by atoms with van der Waals surface area (Å²) in [4.78, 5) is 19.7. The maximum Gasteiger partial charge on any atom is 0.259 e. The van der Waals surface area contributed by atoms with Crippen LogP contribution in [-0.4, -0.2) is 62.5 Å². The van der Waals surface area contributed by atoms with Crippen LogP contribution >= 0.6 is 0 Å². The minimum absolute atomic E-state index is 0.0528. The van der Waals surface area contributed by atoms with E-state index >= 15 is 0 Å². The second-order valence-electron chi connectivity index (χ2n) is 5.82. The average Bonchev–Trinajstić information content (AvgIpc) is 3.08. The van der Waals surface area contributed by atoms with Crippen molar-refractivity contribution in [3.63, 3.8) is 0 Å². The van der Waals surface area contributed by atoms with Crippen LogP contribution in [-0.2, 0) is 11.3 Å². The van der Waals surface area contributed by atoms with Crippen molar-refractivity contribution in [2.75, 3.05) is 40.8 Å². The van der Waals surface area contributed by atoms with Gasteiger partial charge in [-0.2, -0.15) is 0 Å². The normalized spacial score (nSPS) is 14.7. The molecule has 0 spiro atoms. The van der Waals surface area contributed by atoms with Gasteiger partial charge in [0.05, 0.1) is 0 Å². The molecule has 1 heterocycles. The maximum absolute atomic E-state index is 11.6. The molecular formula is C17H26N4O2. The highest BCUT2D eigenvalue weighted by molar-refractivity contribution is 5.80. The largest absolute Gasteiger partial charge is 0.484 e. The molecule has 2 rings (SSSR count). The molecule has 0 saturated carbocycles. The lowest BCUT2D eigenvalue weighted by molar-refractivity contribution is -0.130. The number of carbonyl (C=O) groups is 1. The zero-order valence-electron chi connectivity index (χ0n) is 14.2. The van der Waals surface area contributed by atoms with Gasteiger partial charge in [-0.3, -0.25) is 9.79 Å². The quantitative estimate of drug-likeness (QED) is 0.657. The fourth-order valence-electron chi connectivity index (χ4n) is 2.46. The molecule has 0 bridgehead atoms. The van der Waals surface area contributed by atoms with Crippen LogP contribution in [0.25, 0.3) is 0 Å². The van der Waals surface area contributed by atoms with Crippen LogP contribution in [0.2, 0.25) is 0 Å². The molecule has 23 heavy (non-hydrogen) atoms. The van der Waals surface area contributed by atoms with Gasteiger partial charge in [0.1, 0.15) is 5.75 Å². The summed E-state index contributed by atoms with van der Waals surface area (Å²) in [5.74, 6) is 1.59. The lowest BCUT2D eigenvalue weighted by atomic mass is 10.2. The smallest absolute Gasteiger partial charge is 0.259 e. The van der Waals surface area contributed by atoms with E-state index in [1.54, 1.807) is 14.1 Å². The zero-order valence-corrected chi connectivity index (χ0v) is 14.2. The number of aliphatic imine (C=N–C) groups is 1. The van der Waals surface area contributed by atoms with Crippen LogP contribution in [0.3, 0.4) is 0 Å². The number of carbonyl (C=O) groups excluding carboxylic acids is 1. The number of likely N-dealkylation sites (N-methyl/N-ethyl adjacent to an activating group) is 1. The van der Waals surface area contributed by atoms with Crippen LogP contribution < -0.4 is 10.1 Å². The Morgan fingerprint density at radius 3 is 2.74 bits per heavy atom. The zero-order chi connectivity index (χ0) is 16.7. The molecule has 1 aromatic rings. The summed E-state index contributed by atoms with van der Waals surface area (Å²) in [6.45, 7) is 2.87. The van der Waals surface area contributed by atoms with Crippen molar-refractivity contribution in [3.05, 3.63) is 29.8 Å². The minimum atomic E-state index is -0.0528. The Morgan fingerprint density at radius 2 is 2.09 bits per heavy atom. The third-order valence-corrected chi connectivity index (χ3v) is 3.83. The van der Waals surface area contributed by atoms with E-state index in [0.717, 1.165) is 24.6 Å². The van der Waals surface area contributed by atoms with Crippen LogP contribution in [0, 0.1) is 0 Å². The Labute approximate surface area is 138 Å². The molecule has 6 heteroatoms. The first-order valence-electron chi connectivity index (χ1n) is 7.97. The Kier molecular flexibility index (Phi) is 6.26. The van der Waals surface area contributed by atoms with E-state index < -0.39 is 0 Å². The number of amides is 1. The number of likely N-dealkylation sites (tertiary alicyclic amines) is 1. The summed E-state index contributed by atoms with van der Waals surface area (Å²) >= 11 is 0. The summed E-state index contributed by atoms with van der Waals surface area (Å²) in [7, 11) is 5.25. The summed E-state index contributed by atoms with van der Waals surface area (Å²) in [6, 6.07) is 7.78. The Bertz CT molecular complexity index is 551. The molecule has 1 aromatic carbocycles. The van der Waals surface area contributed by atoms with E-state index in [1.165, 1.54) is 17.7 Å². The van der Waals surface area contributed by atoms with Gasteiger partial charge in [-0.05, 0) is 30.5 Å². The SMILES string of the molecule is CN=C(NCc1cccc(OCC(=O)N(C)C)c1)N1CCCC1. The highest BCUT2D eigenvalue weighted by Crippen LogP contribution is 2.14. The first kappa shape index (κ1) is 17.1. The summed E-state index contributed by atoms with van der Waals surface area (Å²) < 4.78 is 5.54. The fraction of sp³-hybridized carbons (Fsp3) is 0.529. The van der Waals surface area contributed by atoms with Gasteiger partial charge in [0.2, 0.25) is 0 Å². The third kappa shape index (κ3) is 5.16. The fourth-order valence-corrected chi connectivity index (χ4v) is 2.46. The molecule has 0 aliphatic carbocycles. The number of nitrogens with one attached hydrogen (secondary N) is 1. The van der Waals surface area contributed by atoms with Crippen molar-refractivity contribution in [1.82, 2.24) is 15.1 Å². The monoisotopic (exact) mass is 318 g/mol. The van der Waals surface area contributed by atoms with Gasteiger partial charge in [-0.25, -0.2) is 0 Å². The molecule has 0 atom stereocenters. The standard InChI is InChI=1S/C17H26N4O2/c1-18-17(21-9-4-5-10-21)19-12-14-7-6-8-15(11-14)23-13-16(22)20(2)3/h6-8,11H,4-5,9-10,12-13H2,1-3H3,(H,18,19). The van der Waals surface area contributed by atoms with Gasteiger partial charge in [-0.15, -0.1) is 0 Å². The maximum atomic E-state index is 11.6. The lowest BCUT2D eigenvalue weighted by Crippen LogP contribution is -2.39. The number of rotatable bonds is 5. The topological polar surface area (TPSA) is 57.2 Å². The van der Waals surface area contributed by atoms with E-state index in [1.807, 2.05) is 31.3 Å². The molecule has 1 fully saturated rings. The van der Waals surface area contributed by atoms with Crippen LogP contribution in [0.4, 0.5) is 0 Å². The average molecular weight is 318 g/mol. The van der Waals surface area contributed by atoms with Gasteiger partial charge in [0.15, 0.2) is 12.6 Å². The third-order valence-electron chi connectivity index (χ3n) is 3.83. The van der Waals surface area contributed by atoms with Gasteiger partial charge in [0, 0.05) is 40.8 Å². The van der Waals surface area contributed by atoms with Gasteiger partial charge < -0.3 is 19.9 Å². The summed E-state index contributed by atoms with van der Waals surface area (Å²) in [5.41, 5.74) is 1.10. The van der Waals surface area contributed by atoms with Crippen LogP contribution in [0.5, 0.6) is 5.75 Å². The molecule has 1 N–H and O–H groups in total. The predicted octanol–water partition coefficient (Wildman–Crippen LogP) is 1.32. The molecule has 0 aromatic heterocycles. The van der Waals surface area contributed by atoms with Crippen molar-refractivity contribution >= 4 is 11.9 Å². The molecule has 1 saturated heterocycles. The van der Waals surface area contributed by atoms with Gasteiger partial charge >= 0.3 is 0 Å². The Hall–Kier alpha value is -2.24. The van der Waals surface area contributed by atoms with E-state index in [2.05, 4.69) is 15.2 Å². The molecule has 6 nitrogen and oxygen atoms in total. The summed E-state index contributed by atoms with van der Waals surface area (Å²) in [6.07, 6.45) is 2.45. The lowest BCUT2D eigenvalue weighted by Gasteiger charge is -2.21. The van der Waals surface area contributed by atoms with Crippen molar-refractivity contribution in [3.8, 4) is 5.75 Å². The van der Waals surface area contributed by atoms with Crippen molar-refractivity contribution < 1.29 is 9.53 Å². The number of benzene rings is 1. The predicted molar refractivity (Wildman–Crippen MR) is 91.6 cm³/mol. The number of nitrogens with zero attached hydrogens (tertiary/aromatic N) is 3. The molecule has 1 aliphatic heterocycles. The molecule has 0 radical (unpaired) electrons. The Balaban J connectivity index is 1.88.